The number of carboxylic acids is 1. The Labute approximate surface area is 110 Å². The van der Waals surface area contributed by atoms with E-state index in [1.165, 1.54) is 11.8 Å². The molecule has 1 unspecified atom stereocenters. The predicted octanol–water partition coefficient (Wildman–Crippen LogP) is 2.70. The maximum absolute atomic E-state index is 10.9. The van der Waals surface area contributed by atoms with Crippen LogP contribution < -0.4 is 0 Å². The van der Waals surface area contributed by atoms with Crippen molar-refractivity contribution in [2.45, 2.75) is 25.0 Å². The fraction of sp³-hybridized carbons (Fsp3) is 0.385. The fourth-order valence-electron chi connectivity index (χ4n) is 1.79. The van der Waals surface area contributed by atoms with Gasteiger partial charge >= 0.3 is 5.97 Å². The SMILES string of the molecule is CCC(SCCc1nc2ccccc2[nH]1)C(=O)O. The molecule has 0 saturated heterocycles. The number of nitrogens with one attached hydrogen (secondary N) is 1. The minimum Gasteiger partial charge on any atom is -0.480 e. The molecule has 2 N–H and O–H groups in total. The second kappa shape index (κ2) is 5.91. The van der Waals surface area contributed by atoms with Gasteiger partial charge in [-0.3, -0.25) is 4.79 Å². The quantitative estimate of drug-likeness (QED) is 0.842. The van der Waals surface area contributed by atoms with E-state index in [0.717, 1.165) is 29.0 Å². The third-order valence-corrected chi connectivity index (χ3v) is 4.12. The molecule has 0 radical (unpaired) electrons. The minimum absolute atomic E-state index is 0.311. The Morgan fingerprint density at radius 1 is 1.50 bits per heavy atom. The Balaban J connectivity index is 1.92. The van der Waals surface area contributed by atoms with Crippen LogP contribution in [0.4, 0.5) is 0 Å². The van der Waals surface area contributed by atoms with Crippen LogP contribution in [0.3, 0.4) is 0 Å². The van der Waals surface area contributed by atoms with Gasteiger partial charge in [0, 0.05) is 12.2 Å². The number of imidazole rings is 1. The molecule has 1 atom stereocenters. The molecule has 2 aromatic rings. The monoisotopic (exact) mass is 264 g/mol. The number of carbonyl (C=O) groups is 1. The highest BCUT2D eigenvalue weighted by atomic mass is 32.2. The van der Waals surface area contributed by atoms with Gasteiger partial charge in [-0.2, -0.15) is 0 Å². The Hall–Kier alpha value is -1.49. The van der Waals surface area contributed by atoms with Gasteiger partial charge in [0.2, 0.25) is 0 Å². The molecule has 0 fully saturated rings. The highest BCUT2D eigenvalue weighted by Crippen LogP contribution is 2.17. The van der Waals surface area contributed by atoms with Crippen molar-refractivity contribution in [2.24, 2.45) is 0 Å². The number of aliphatic carboxylic acids is 1. The number of fused-ring (bicyclic) bond motifs is 1. The first kappa shape index (κ1) is 13.0. The minimum atomic E-state index is -0.730. The summed E-state index contributed by atoms with van der Waals surface area (Å²) in [6.07, 6.45) is 1.42. The molecule has 0 aliphatic carbocycles. The van der Waals surface area contributed by atoms with Gasteiger partial charge in [-0.1, -0.05) is 19.1 Å². The van der Waals surface area contributed by atoms with Crippen LogP contribution in [0.1, 0.15) is 19.2 Å². The summed E-state index contributed by atoms with van der Waals surface area (Å²) in [6, 6.07) is 7.88. The fourth-order valence-corrected chi connectivity index (χ4v) is 2.76. The zero-order valence-electron chi connectivity index (χ0n) is 10.2. The number of carboxylic acid groups (broad SMARTS) is 1. The number of para-hydroxylation sites is 2. The van der Waals surface area contributed by atoms with Gasteiger partial charge in [0.05, 0.1) is 11.0 Å². The molecule has 96 valence electrons. The predicted molar refractivity (Wildman–Crippen MR) is 74.0 cm³/mol. The van der Waals surface area contributed by atoms with Crippen LogP contribution >= 0.6 is 11.8 Å². The zero-order chi connectivity index (χ0) is 13.0. The third kappa shape index (κ3) is 3.04. The van der Waals surface area contributed by atoms with Crippen molar-refractivity contribution in [3.05, 3.63) is 30.1 Å². The van der Waals surface area contributed by atoms with E-state index >= 15 is 0 Å². The Kier molecular flexibility index (Phi) is 4.25. The molecular weight excluding hydrogens is 248 g/mol. The van der Waals surface area contributed by atoms with Gasteiger partial charge < -0.3 is 10.1 Å². The molecule has 2 rings (SSSR count). The van der Waals surface area contributed by atoms with Gasteiger partial charge in [0.1, 0.15) is 11.1 Å². The van der Waals surface area contributed by atoms with E-state index in [9.17, 15) is 4.79 Å². The molecule has 0 bridgehead atoms. The van der Waals surface area contributed by atoms with Gasteiger partial charge in [-0.15, -0.1) is 11.8 Å². The number of hydrogen-bond donors (Lipinski definition) is 2. The second-order valence-corrected chi connectivity index (χ2v) is 5.37. The van der Waals surface area contributed by atoms with E-state index in [1.54, 1.807) is 0 Å². The molecule has 0 aliphatic rings. The summed E-state index contributed by atoms with van der Waals surface area (Å²) in [5.41, 5.74) is 1.99. The number of thioether (sulfide) groups is 1. The number of nitrogens with zero attached hydrogens (tertiary/aromatic N) is 1. The van der Waals surface area contributed by atoms with Crippen molar-refractivity contribution in [2.75, 3.05) is 5.75 Å². The number of benzene rings is 1. The Bertz CT molecular complexity index is 506. The largest absolute Gasteiger partial charge is 0.480 e. The molecule has 1 aromatic carbocycles. The molecule has 0 spiro atoms. The summed E-state index contributed by atoms with van der Waals surface area (Å²) in [5.74, 6) is 0.959. The van der Waals surface area contributed by atoms with E-state index in [4.69, 9.17) is 5.11 Å². The van der Waals surface area contributed by atoms with Gasteiger partial charge in [0.15, 0.2) is 0 Å². The number of rotatable bonds is 6. The van der Waals surface area contributed by atoms with Crippen molar-refractivity contribution in [3.8, 4) is 0 Å². The van der Waals surface area contributed by atoms with Gasteiger partial charge in [0.25, 0.3) is 0 Å². The Morgan fingerprint density at radius 3 is 2.94 bits per heavy atom. The van der Waals surface area contributed by atoms with Crippen LogP contribution in [0.25, 0.3) is 11.0 Å². The first-order chi connectivity index (χ1) is 8.70. The number of aromatic nitrogens is 2. The van der Waals surface area contributed by atoms with Crippen molar-refractivity contribution in [1.82, 2.24) is 9.97 Å². The van der Waals surface area contributed by atoms with E-state index in [0.29, 0.717) is 6.42 Å². The highest BCUT2D eigenvalue weighted by Gasteiger charge is 2.15. The summed E-state index contributed by atoms with van der Waals surface area (Å²) in [5, 5.41) is 8.63. The lowest BCUT2D eigenvalue weighted by molar-refractivity contribution is -0.136. The maximum atomic E-state index is 10.9. The number of hydrogen-bond acceptors (Lipinski definition) is 3. The van der Waals surface area contributed by atoms with Crippen molar-refractivity contribution >= 4 is 28.8 Å². The van der Waals surface area contributed by atoms with Crippen molar-refractivity contribution in [1.29, 1.82) is 0 Å². The summed E-state index contributed by atoms with van der Waals surface area (Å²) in [6.45, 7) is 1.90. The standard InChI is InChI=1S/C13H16N2O2S/c1-2-11(13(16)17)18-8-7-12-14-9-5-3-4-6-10(9)15-12/h3-6,11H,2,7-8H2,1H3,(H,14,15)(H,16,17). The first-order valence-electron chi connectivity index (χ1n) is 5.98. The lowest BCUT2D eigenvalue weighted by Crippen LogP contribution is -2.15. The molecule has 18 heavy (non-hydrogen) atoms. The molecule has 0 amide bonds. The van der Waals surface area contributed by atoms with Crippen LogP contribution in [0.2, 0.25) is 0 Å². The van der Waals surface area contributed by atoms with Crippen LogP contribution in [-0.4, -0.2) is 32.0 Å². The second-order valence-electron chi connectivity index (χ2n) is 4.06. The Morgan fingerprint density at radius 2 is 2.28 bits per heavy atom. The van der Waals surface area contributed by atoms with E-state index in [-0.39, 0.29) is 5.25 Å². The van der Waals surface area contributed by atoms with E-state index < -0.39 is 5.97 Å². The number of aryl methyl sites for hydroxylation is 1. The van der Waals surface area contributed by atoms with Gasteiger partial charge in [-0.05, 0) is 18.6 Å². The summed E-state index contributed by atoms with van der Waals surface area (Å²) >= 11 is 1.47. The summed E-state index contributed by atoms with van der Waals surface area (Å²) in [4.78, 5) is 18.6. The van der Waals surface area contributed by atoms with Crippen molar-refractivity contribution in [3.63, 3.8) is 0 Å². The third-order valence-electron chi connectivity index (χ3n) is 2.74. The molecule has 0 saturated carbocycles. The van der Waals surface area contributed by atoms with Crippen LogP contribution in [0.15, 0.2) is 24.3 Å². The molecule has 4 nitrogen and oxygen atoms in total. The van der Waals surface area contributed by atoms with Crippen LogP contribution in [-0.2, 0) is 11.2 Å². The smallest absolute Gasteiger partial charge is 0.316 e. The van der Waals surface area contributed by atoms with Crippen LogP contribution in [0, 0.1) is 0 Å². The number of aromatic amines is 1. The molecular formula is C13H16N2O2S. The summed E-state index contributed by atoms with van der Waals surface area (Å²) in [7, 11) is 0. The topological polar surface area (TPSA) is 66.0 Å². The van der Waals surface area contributed by atoms with Crippen LogP contribution in [0.5, 0.6) is 0 Å². The van der Waals surface area contributed by atoms with E-state index in [1.807, 2.05) is 31.2 Å². The average Bonchev–Trinajstić information content (AvgIpc) is 2.76. The summed E-state index contributed by atoms with van der Waals surface area (Å²) < 4.78 is 0. The lowest BCUT2D eigenvalue weighted by atomic mass is 10.3. The molecule has 1 aromatic heterocycles. The highest BCUT2D eigenvalue weighted by molar-refractivity contribution is 8.00. The number of H-pyrrole nitrogens is 1. The first-order valence-corrected chi connectivity index (χ1v) is 7.03. The van der Waals surface area contributed by atoms with E-state index in [2.05, 4.69) is 9.97 Å². The normalized spacial score (nSPS) is 12.7. The maximum Gasteiger partial charge on any atom is 0.316 e. The van der Waals surface area contributed by atoms with Gasteiger partial charge in [-0.25, -0.2) is 4.98 Å². The average molecular weight is 264 g/mol. The molecule has 0 aliphatic heterocycles. The molecule has 5 heteroatoms. The lowest BCUT2D eigenvalue weighted by Gasteiger charge is -2.07. The molecule has 1 heterocycles. The van der Waals surface area contributed by atoms with Crippen molar-refractivity contribution < 1.29 is 9.90 Å². The zero-order valence-corrected chi connectivity index (χ0v) is 11.0.